The molecule has 0 unspecified atom stereocenters. The summed E-state index contributed by atoms with van der Waals surface area (Å²) in [6, 6.07) is 5.06. The zero-order valence-electron chi connectivity index (χ0n) is 10.1. The number of hydrogen-bond acceptors (Lipinski definition) is 3. The van der Waals surface area contributed by atoms with E-state index in [1.807, 2.05) is 6.07 Å². The summed E-state index contributed by atoms with van der Waals surface area (Å²) in [5, 5.41) is 15.0. The number of halogens is 4. The van der Waals surface area contributed by atoms with E-state index in [0.29, 0.717) is 41.8 Å². The highest BCUT2D eigenvalue weighted by atomic mass is 79.9. The van der Waals surface area contributed by atoms with Crippen molar-refractivity contribution in [2.45, 2.75) is 0 Å². The maximum absolute atomic E-state index is 8.91. The second kappa shape index (κ2) is 5.47. The fourth-order valence-electron chi connectivity index (χ4n) is 1.91. The van der Waals surface area contributed by atoms with E-state index >= 15 is 0 Å². The van der Waals surface area contributed by atoms with Crippen molar-refractivity contribution in [3.63, 3.8) is 0 Å². The van der Waals surface area contributed by atoms with Crippen LogP contribution in [0.4, 0.5) is 0 Å². The second-order valence-corrected chi connectivity index (χ2v) is 6.16. The molecule has 8 heteroatoms. The van der Waals surface area contributed by atoms with E-state index in [1.54, 1.807) is 12.4 Å². The van der Waals surface area contributed by atoms with Crippen LogP contribution in [0.5, 0.6) is 0 Å². The molecule has 3 aromatic rings. The number of rotatable bonds is 1. The van der Waals surface area contributed by atoms with Crippen LogP contribution >= 0.6 is 50.7 Å². The Morgan fingerprint density at radius 3 is 2.43 bits per heavy atom. The Morgan fingerprint density at radius 2 is 1.86 bits per heavy atom. The average Bonchev–Trinajstić information content (AvgIpc) is 2.88. The molecule has 0 aliphatic rings. The third kappa shape index (κ3) is 2.49. The smallest absolute Gasteiger partial charge is 0.140 e. The number of aromatic nitrogens is 3. The van der Waals surface area contributed by atoms with Crippen LogP contribution in [-0.4, -0.2) is 14.8 Å². The van der Waals surface area contributed by atoms with Crippen LogP contribution in [0.3, 0.4) is 0 Å². The number of benzene rings is 1. The minimum Gasteiger partial charge on any atom is -0.243 e. The third-order valence-corrected chi connectivity index (χ3v) is 4.29. The van der Waals surface area contributed by atoms with E-state index < -0.39 is 0 Å². The van der Waals surface area contributed by atoms with Gasteiger partial charge in [0.05, 0.1) is 31.5 Å². The summed E-state index contributed by atoms with van der Waals surface area (Å²) in [7, 11) is 0. The summed E-state index contributed by atoms with van der Waals surface area (Å²) in [5.74, 6) is 0. The average molecular weight is 402 g/mol. The van der Waals surface area contributed by atoms with E-state index in [1.165, 1.54) is 16.8 Å². The highest BCUT2D eigenvalue weighted by Crippen LogP contribution is 2.33. The third-order valence-electron chi connectivity index (χ3n) is 2.83. The maximum Gasteiger partial charge on any atom is 0.140 e. The molecular formula is C13H4BrCl3N4. The first-order valence-corrected chi connectivity index (χ1v) is 7.53. The number of nitrogens with zero attached hydrogens (tertiary/aromatic N) is 4. The van der Waals surface area contributed by atoms with Crippen LogP contribution in [0.1, 0.15) is 5.56 Å². The van der Waals surface area contributed by atoms with Gasteiger partial charge in [-0.3, -0.25) is 0 Å². The Morgan fingerprint density at radius 1 is 1.19 bits per heavy atom. The molecule has 0 radical (unpaired) electrons. The fourth-order valence-corrected chi connectivity index (χ4v) is 3.15. The number of hydrogen-bond donors (Lipinski definition) is 0. The molecule has 0 N–H and O–H groups in total. The minimum absolute atomic E-state index is 0.326. The number of nitriles is 1. The molecule has 0 saturated carbocycles. The summed E-state index contributed by atoms with van der Waals surface area (Å²) in [6.45, 7) is 0. The van der Waals surface area contributed by atoms with Crippen LogP contribution in [0.25, 0.3) is 16.6 Å². The minimum atomic E-state index is 0.326. The van der Waals surface area contributed by atoms with Gasteiger partial charge in [0.15, 0.2) is 0 Å². The molecule has 104 valence electrons. The SMILES string of the molecule is N#Cc1cc(Cl)c(-n2cc3c(Cl)ncc(Br)c3n2)c(Cl)c1. The summed E-state index contributed by atoms with van der Waals surface area (Å²) in [6.07, 6.45) is 3.26. The lowest BCUT2D eigenvalue weighted by Gasteiger charge is -2.07. The van der Waals surface area contributed by atoms with Crippen molar-refractivity contribution in [2.75, 3.05) is 0 Å². The molecular weight excluding hydrogens is 398 g/mol. The molecule has 0 atom stereocenters. The van der Waals surface area contributed by atoms with Crippen molar-refractivity contribution in [1.82, 2.24) is 14.8 Å². The van der Waals surface area contributed by atoms with E-state index in [2.05, 4.69) is 26.0 Å². The van der Waals surface area contributed by atoms with Crippen molar-refractivity contribution in [2.24, 2.45) is 0 Å². The van der Waals surface area contributed by atoms with E-state index in [9.17, 15) is 0 Å². The van der Waals surface area contributed by atoms with Crippen molar-refractivity contribution < 1.29 is 0 Å². The van der Waals surface area contributed by atoms with E-state index in [4.69, 9.17) is 40.1 Å². The van der Waals surface area contributed by atoms with Crippen molar-refractivity contribution in [1.29, 1.82) is 5.26 Å². The van der Waals surface area contributed by atoms with E-state index in [-0.39, 0.29) is 0 Å². The Bertz CT molecular complexity index is 852. The Labute approximate surface area is 143 Å². The molecule has 21 heavy (non-hydrogen) atoms. The maximum atomic E-state index is 8.91. The fraction of sp³-hybridized carbons (Fsp3) is 0. The summed E-state index contributed by atoms with van der Waals surface area (Å²) >= 11 is 21.8. The van der Waals surface area contributed by atoms with Gasteiger partial charge >= 0.3 is 0 Å². The molecule has 0 aliphatic heterocycles. The van der Waals surface area contributed by atoms with Crippen molar-refractivity contribution in [3.05, 3.63) is 49.8 Å². The van der Waals surface area contributed by atoms with Gasteiger partial charge in [0.1, 0.15) is 16.4 Å². The van der Waals surface area contributed by atoms with Gasteiger partial charge < -0.3 is 0 Å². The van der Waals surface area contributed by atoms with Crippen LogP contribution < -0.4 is 0 Å². The monoisotopic (exact) mass is 400 g/mol. The van der Waals surface area contributed by atoms with Gasteiger partial charge in [-0.15, -0.1) is 0 Å². The predicted molar refractivity (Wildman–Crippen MR) is 86.3 cm³/mol. The van der Waals surface area contributed by atoms with Gasteiger partial charge in [-0.05, 0) is 28.1 Å². The number of pyridine rings is 1. The molecule has 0 spiro atoms. The predicted octanol–water partition coefficient (Wildman–Crippen LogP) is 5.01. The zero-order chi connectivity index (χ0) is 15.1. The lowest BCUT2D eigenvalue weighted by molar-refractivity contribution is 0.896. The molecule has 0 saturated heterocycles. The normalized spacial score (nSPS) is 10.8. The molecule has 0 aliphatic carbocycles. The van der Waals surface area contributed by atoms with Crippen LogP contribution in [0, 0.1) is 11.3 Å². The Balaban J connectivity index is 2.29. The first-order chi connectivity index (χ1) is 10.0. The molecule has 0 fully saturated rings. The summed E-state index contributed by atoms with van der Waals surface area (Å²) in [4.78, 5) is 4.04. The number of fused-ring (bicyclic) bond motifs is 1. The highest BCUT2D eigenvalue weighted by molar-refractivity contribution is 9.10. The van der Waals surface area contributed by atoms with Crippen LogP contribution in [0.15, 0.2) is 29.0 Å². The first-order valence-electron chi connectivity index (χ1n) is 5.60. The topological polar surface area (TPSA) is 54.5 Å². The molecule has 2 heterocycles. The quantitative estimate of drug-likeness (QED) is 0.538. The second-order valence-electron chi connectivity index (χ2n) is 4.13. The zero-order valence-corrected chi connectivity index (χ0v) is 14.0. The van der Waals surface area contributed by atoms with Crippen molar-refractivity contribution >= 4 is 61.6 Å². The van der Waals surface area contributed by atoms with Gasteiger partial charge in [-0.2, -0.15) is 10.4 Å². The summed E-state index contributed by atoms with van der Waals surface area (Å²) < 4.78 is 2.23. The Kier molecular flexibility index (Phi) is 3.80. The molecule has 4 nitrogen and oxygen atoms in total. The van der Waals surface area contributed by atoms with Gasteiger partial charge in [0, 0.05) is 12.4 Å². The first kappa shape index (κ1) is 14.6. The van der Waals surface area contributed by atoms with Crippen molar-refractivity contribution in [3.8, 4) is 11.8 Å². The largest absolute Gasteiger partial charge is 0.243 e. The molecule has 1 aromatic carbocycles. The van der Waals surface area contributed by atoms with Gasteiger partial charge in [0.25, 0.3) is 0 Å². The van der Waals surface area contributed by atoms with Crippen LogP contribution in [-0.2, 0) is 0 Å². The summed E-state index contributed by atoms with van der Waals surface area (Å²) in [5.41, 5.74) is 1.51. The van der Waals surface area contributed by atoms with Gasteiger partial charge in [0.2, 0.25) is 0 Å². The van der Waals surface area contributed by atoms with E-state index in [0.717, 1.165) is 0 Å². The lowest BCUT2D eigenvalue weighted by Crippen LogP contribution is -1.97. The molecule has 0 amide bonds. The molecule has 3 rings (SSSR count). The van der Waals surface area contributed by atoms with Gasteiger partial charge in [-0.1, -0.05) is 34.8 Å². The molecule has 2 aromatic heterocycles. The van der Waals surface area contributed by atoms with Crippen LogP contribution in [0.2, 0.25) is 15.2 Å². The Hall–Kier alpha value is -1.32. The molecule has 0 bridgehead atoms. The van der Waals surface area contributed by atoms with Gasteiger partial charge in [-0.25, -0.2) is 9.67 Å². The standard InChI is InChI=1S/C13H4BrCl3N4/c14-8-4-19-13(17)7-5-21(20-11(7)8)12-9(15)1-6(3-18)2-10(12)16/h1-2,4-5H. The highest BCUT2D eigenvalue weighted by Gasteiger charge is 2.15. The lowest BCUT2D eigenvalue weighted by atomic mass is 10.2.